The number of nitrogens with zero attached hydrogens (tertiary/aromatic N) is 5. The van der Waals surface area contributed by atoms with Crippen LogP contribution in [-0.4, -0.2) is 50.7 Å². The number of hydrogen-bond donors (Lipinski definition) is 0. The van der Waals surface area contributed by atoms with Crippen LogP contribution >= 0.6 is 11.6 Å². The topological polar surface area (TPSA) is 55.6 Å². The van der Waals surface area contributed by atoms with E-state index in [0.29, 0.717) is 29.5 Å². The van der Waals surface area contributed by atoms with Crippen LogP contribution in [0.5, 0.6) is 5.88 Å². The molecule has 3 heterocycles. The summed E-state index contributed by atoms with van der Waals surface area (Å²) in [5.74, 6) is 1.10. The fraction of sp³-hybridized carbons (Fsp3) is 0.615. The molecule has 0 saturated carbocycles. The van der Waals surface area contributed by atoms with Crippen molar-refractivity contribution in [2.24, 2.45) is 0 Å². The molecule has 1 saturated heterocycles. The first-order valence-corrected chi connectivity index (χ1v) is 7.23. The summed E-state index contributed by atoms with van der Waals surface area (Å²) in [5, 5.41) is 4.55. The van der Waals surface area contributed by atoms with Crippen LogP contribution < -0.4 is 4.74 Å². The lowest BCUT2D eigenvalue weighted by Crippen LogP contribution is -2.26. The van der Waals surface area contributed by atoms with Crippen molar-refractivity contribution in [1.82, 2.24) is 24.5 Å². The molecular weight excluding hydrogens is 278 g/mol. The van der Waals surface area contributed by atoms with Crippen LogP contribution in [-0.2, 0) is 0 Å². The van der Waals surface area contributed by atoms with Gasteiger partial charge in [-0.05, 0) is 39.8 Å². The van der Waals surface area contributed by atoms with E-state index in [1.54, 1.807) is 4.52 Å². The van der Waals surface area contributed by atoms with Gasteiger partial charge in [0.05, 0.1) is 6.61 Å². The van der Waals surface area contributed by atoms with E-state index < -0.39 is 0 Å². The average molecular weight is 296 g/mol. The van der Waals surface area contributed by atoms with Crippen LogP contribution in [0.2, 0.25) is 5.15 Å². The van der Waals surface area contributed by atoms with E-state index >= 15 is 0 Å². The van der Waals surface area contributed by atoms with Gasteiger partial charge in [-0.25, -0.2) is 0 Å². The maximum atomic E-state index is 6.10. The highest BCUT2D eigenvalue weighted by molar-refractivity contribution is 6.30. The lowest BCUT2D eigenvalue weighted by molar-refractivity contribution is 0.224. The van der Waals surface area contributed by atoms with Crippen LogP contribution in [0.4, 0.5) is 0 Å². The third-order valence-corrected chi connectivity index (χ3v) is 4.28. The Morgan fingerprint density at radius 1 is 1.50 bits per heavy atom. The summed E-state index contributed by atoms with van der Waals surface area (Å²) in [6.07, 6.45) is 4.98. The fourth-order valence-electron chi connectivity index (χ4n) is 2.68. The van der Waals surface area contributed by atoms with Gasteiger partial charge in [0.15, 0.2) is 0 Å². The Morgan fingerprint density at radius 2 is 2.35 bits per heavy atom. The molecule has 2 aromatic heterocycles. The van der Waals surface area contributed by atoms with Crippen LogP contribution in [0.1, 0.15) is 24.8 Å². The maximum Gasteiger partial charge on any atom is 0.256 e. The summed E-state index contributed by atoms with van der Waals surface area (Å²) in [7, 11) is 2.17. The quantitative estimate of drug-likeness (QED) is 0.807. The van der Waals surface area contributed by atoms with Crippen LogP contribution in [0.3, 0.4) is 0 Å². The lowest BCUT2D eigenvalue weighted by atomic mass is 10.1. The molecule has 7 heteroatoms. The molecule has 0 radical (unpaired) electrons. The van der Waals surface area contributed by atoms with Crippen molar-refractivity contribution in [2.75, 3.05) is 20.2 Å². The van der Waals surface area contributed by atoms with Crippen molar-refractivity contribution in [3.8, 4) is 5.88 Å². The van der Waals surface area contributed by atoms with E-state index in [9.17, 15) is 0 Å². The maximum absolute atomic E-state index is 6.10. The number of ether oxygens (including phenoxy) is 1. The molecule has 0 spiro atoms. The van der Waals surface area contributed by atoms with Crippen molar-refractivity contribution in [3.05, 3.63) is 17.0 Å². The third kappa shape index (κ3) is 2.45. The monoisotopic (exact) mass is 295 g/mol. The molecule has 1 unspecified atom stereocenters. The Hall–Kier alpha value is -1.40. The van der Waals surface area contributed by atoms with Gasteiger partial charge in [-0.15, -0.1) is 0 Å². The third-order valence-electron chi connectivity index (χ3n) is 3.91. The Kier molecular flexibility index (Phi) is 3.76. The molecule has 0 amide bonds. The number of fused-ring (bicyclic) bond motifs is 1. The van der Waals surface area contributed by atoms with Crippen LogP contribution in [0, 0.1) is 6.92 Å². The first kappa shape index (κ1) is 13.6. The van der Waals surface area contributed by atoms with Gasteiger partial charge in [-0.3, -0.25) is 0 Å². The smallest absolute Gasteiger partial charge is 0.256 e. The molecule has 20 heavy (non-hydrogen) atoms. The number of hydrogen-bond acceptors (Lipinski definition) is 5. The molecule has 0 bridgehead atoms. The summed E-state index contributed by atoms with van der Waals surface area (Å²) < 4.78 is 7.51. The molecule has 1 atom stereocenters. The Balaban J connectivity index is 1.73. The second kappa shape index (κ2) is 5.54. The molecule has 0 aromatic carbocycles. The zero-order valence-corrected chi connectivity index (χ0v) is 12.5. The summed E-state index contributed by atoms with van der Waals surface area (Å²) in [6, 6.07) is 0.610. The Labute approximate surface area is 122 Å². The van der Waals surface area contributed by atoms with Gasteiger partial charge < -0.3 is 9.64 Å². The Morgan fingerprint density at radius 3 is 3.10 bits per heavy atom. The average Bonchev–Trinajstić information content (AvgIpc) is 3.03. The molecule has 1 aliphatic rings. The molecule has 1 aliphatic heterocycles. The van der Waals surface area contributed by atoms with Crippen molar-refractivity contribution >= 4 is 17.4 Å². The highest BCUT2D eigenvalue weighted by atomic mass is 35.5. The van der Waals surface area contributed by atoms with Gasteiger partial charge in [0.1, 0.15) is 11.5 Å². The number of likely N-dealkylation sites (tertiary alicyclic amines) is 1. The summed E-state index contributed by atoms with van der Waals surface area (Å²) >= 11 is 6.10. The Bertz CT molecular complexity index is 614. The van der Waals surface area contributed by atoms with Crippen molar-refractivity contribution in [1.29, 1.82) is 0 Å². The zero-order chi connectivity index (χ0) is 14.1. The predicted molar refractivity (Wildman–Crippen MR) is 76.3 cm³/mol. The second-order valence-electron chi connectivity index (χ2n) is 5.22. The molecule has 108 valence electrons. The number of halogens is 1. The van der Waals surface area contributed by atoms with Gasteiger partial charge in [0, 0.05) is 11.6 Å². The van der Waals surface area contributed by atoms with Gasteiger partial charge in [0.2, 0.25) is 5.88 Å². The molecule has 6 nitrogen and oxygen atoms in total. The van der Waals surface area contributed by atoms with Gasteiger partial charge in [-0.2, -0.15) is 19.6 Å². The molecule has 3 rings (SSSR count). The SMILES string of the molecule is Cc1c(Cl)nc2ncnn2c1OCCC1CCCN1C. The predicted octanol–water partition coefficient (Wildman–Crippen LogP) is 1.95. The highest BCUT2D eigenvalue weighted by Gasteiger charge is 2.21. The van der Waals surface area contributed by atoms with Crippen LogP contribution in [0.25, 0.3) is 5.78 Å². The first-order chi connectivity index (χ1) is 9.66. The summed E-state index contributed by atoms with van der Waals surface area (Å²) in [4.78, 5) is 10.6. The second-order valence-corrected chi connectivity index (χ2v) is 5.58. The molecular formula is C13H18ClN5O. The van der Waals surface area contributed by atoms with E-state index in [1.807, 2.05) is 6.92 Å². The van der Waals surface area contributed by atoms with E-state index in [4.69, 9.17) is 16.3 Å². The lowest BCUT2D eigenvalue weighted by Gasteiger charge is -2.19. The number of aromatic nitrogens is 4. The standard InChI is InChI=1S/C13H18ClN5O/c1-9-11(14)17-13-15-8-16-19(13)12(9)20-7-5-10-4-3-6-18(10)2/h8,10H,3-7H2,1-2H3. The van der Waals surface area contributed by atoms with E-state index in [1.165, 1.54) is 25.7 Å². The molecule has 0 N–H and O–H groups in total. The minimum Gasteiger partial charge on any atom is -0.477 e. The number of rotatable bonds is 4. The molecule has 0 aliphatic carbocycles. The van der Waals surface area contributed by atoms with Gasteiger partial charge >= 0.3 is 0 Å². The first-order valence-electron chi connectivity index (χ1n) is 6.85. The zero-order valence-electron chi connectivity index (χ0n) is 11.7. The van der Waals surface area contributed by atoms with Gasteiger partial charge in [-0.1, -0.05) is 11.6 Å². The van der Waals surface area contributed by atoms with E-state index in [-0.39, 0.29) is 0 Å². The van der Waals surface area contributed by atoms with Crippen LogP contribution in [0.15, 0.2) is 6.33 Å². The normalized spacial score (nSPS) is 19.9. The molecule has 2 aromatic rings. The van der Waals surface area contributed by atoms with Crippen molar-refractivity contribution in [2.45, 2.75) is 32.2 Å². The van der Waals surface area contributed by atoms with Gasteiger partial charge in [0.25, 0.3) is 5.78 Å². The molecule has 1 fully saturated rings. The summed E-state index contributed by atoms with van der Waals surface area (Å²) in [6.45, 7) is 3.71. The summed E-state index contributed by atoms with van der Waals surface area (Å²) in [5.41, 5.74) is 0.796. The minimum atomic E-state index is 0.415. The highest BCUT2D eigenvalue weighted by Crippen LogP contribution is 2.25. The van der Waals surface area contributed by atoms with Crippen molar-refractivity contribution < 1.29 is 4.74 Å². The van der Waals surface area contributed by atoms with E-state index in [2.05, 4.69) is 27.0 Å². The minimum absolute atomic E-state index is 0.415. The largest absolute Gasteiger partial charge is 0.477 e. The van der Waals surface area contributed by atoms with E-state index in [0.717, 1.165) is 12.0 Å². The van der Waals surface area contributed by atoms with Crippen molar-refractivity contribution in [3.63, 3.8) is 0 Å². The fourth-order valence-corrected chi connectivity index (χ4v) is 2.84.